The number of hydrogen-bond acceptors (Lipinski definition) is 3. The summed E-state index contributed by atoms with van der Waals surface area (Å²) in [6.45, 7) is 9.16. The van der Waals surface area contributed by atoms with Crippen molar-refractivity contribution in [2.75, 3.05) is 26.4 Å². The minimum atomic E-state index is 0.0442. The Labute approximate surface area is 110 Å². The van der Waals surface area contributed by atoms with Gasteiger partial charge in [0.1, 0.15) is 0 Å². The van der Waals surface area contributed by atoms with Gasteiger partial charge >= 0.3 is 0 Å². The van der Waals surface area contributed by atoms with Gasteiger partial charge in [-0.1, -0.05) is 37.3 Å². The molecule has 1 N–H and O–H groups in total. The van der Waals surface area contributed by atoms with Crippen LogP contribution in [0.3, 0.4) is 0 Å². The molecular formula is C15H25NO2. The van der Waals surface area contributed by atoms with E-state index in [-0.39, 0.29) is 12.1 Å². The van der Waals surface area contributed by atoms with Crippen LogP contribution in [0.1, 0.15) is 32.4 Å². The maximum absolute atomic E-state index is 5.90. The molecule has 0 aliphatic heterocycles. The first-order valence-electron chi connectivity index (χ1n) is 6.81. The van der Waals surface area contributed by atoms with Gasteiger partial charge in [0.05, 0.1) is 18.8 Å². The zero-order valence-corrected chi connectivity index (χ0v) is 11.7. The van der Waals surface area contributed by atoms with Gasteiger partial charge in [-0.15, -0.1) is 0 Å². The van der Waals surface area contributed by atoms with E-state index in [2.05, 4.69) is 24.4 Å². The van der Waals surface area contributed by atoms with Gasteiger partial charge in [0.25, 0.3) is 0 Å². The molecule has 0 saturated carbocycles. The van der Waals surface area contributed by atoms with Gasteiger partial charge in [-0.2, -0.15) is 0 Å². The average Bonchev–Trinajstić information content (AvgIpc) is 2.42. The maximum Gasteiger partial charge on any atom is 0.1000 e. The molecule has 1 aromatic carbocycles. The lowest BCUT2D eigenvalue weighted by molar-refractivity contribution is 0.00139. The Morgan fingerprint density at radius 1 is 1.06 bits per heavy atom. The van der Waals surface area contributed by atoms with Crippen LogP contribution < -0.4 is 5.32 Å². The fraction of sp³-hybridized carbons (Fsp3) is 0.600. The Hall–Kier alpha value is -0.900. The lowest BCUT2D eigenvalue weighted by Crippen LogP contribution is -2.40. The van der Waals surface area contributed by atoms with Crippen LogP contribution in [0.4, 0.5) is 0 Å². The Kier molecular flexibility index (Phi) is 7.65. The van der Waals surface area contributed by atoms with Crippen molar-refractivity contribution in [2.24, 2.45) is 0 Å². The van der Waals surface area contributed by atoms with E-state index in [1.165, 1.54) is 5.56 Å². The van der Waals surface area contributed by atoms with Crippen LogP contribution in [-0.4, -0.2) is 32.4 Å². The van der Waals surface area contributed by atoms with Crippen molar-refractivity contribution in [1.29, 1.82) is 0 Å². The highest BCUT2D eigenvalue weighted by atomic mass is 16.5. The predicted molar refractivity (Wildman–Crippen MR) is 74.8 cm³/mol. The molecule has 0 aromatic heterocycles. The lowest BCUT2D eigenvalue weighted by atomic mass is 10.0. The summed E-state index contributed by atoms with van der Waals surface area (Å²) in [5.74, 6) is 0. The molecule has 0 aliphatic carbocycles. The SMILES string of the molecule is CCNC(COCC)C(OCC)c1ccccc1. The maximum atomic E-state index is 5.90. The van der Waals surface area contributed by atoms with E-state index in [4.69, 9.17) is 9.47 Å². The molecule has 1 rings (SSSR count). The van der Waals surface area contributed by atoms with Crippen LogP contribution >= 0.6 is 0 Å². The summed E-state index contributed by atoms with van der Waals surface area (Å²) < 4.78 is 11.5. The Morgan fingerprint density at radius 2 is 1.78 bits per heavy atom. The molecule has 0 bridgehead atoms. The van der Waals surface area contributed by atoms with Gasteiger partial charge in [-0.3, -0.25) is 0 Å². The van der Waals surface area contributed by atoms with Gasteiger partial charge in [-0.05, 0) is 26.0 Å². The Bertz CT molecular complexity index is 303. The molecule has 3 heteroatoms. The lowest BCUT2D eigenvalue weighted by Gasteiger charge is -2.28. The van der Waals surface area contributed by atoms with Crippen LogP contribution in [0.25, 0.3) is 0 Å². The first-order chi connectivity index (χ1) is 8.83. The van der Waals surface area contributed by atoms with Gasteiger partial charge in [0.2, 0.25) is 0 Å². The molecule has 0 spiro atoms. The number of benzene rings is 1. The van der Waals surface area contributed by atoms with Gasteiger partial charge in [-0.25, -0.2) is 0 Å². The second-order valence-electron chi connectivity index (χ2n) is 4.11. The van der Waals surface area contributed by atoms with E-state index >= 15 is 0 Å². The van der Waals surface area contributed by atoms with Crippen molar-refractivity contribution in [3.05, 3.63) is 35.9 Å². The van der Waals surface area contributed by atoms with Crippen molar-refractivity contribution in [1.82, 2.24) is 5.32 Å². The minimum Gasteiger partial charge on any atom is -0.380 e. The largest absolute Gasteiger partial charge is 0.380 e. The van der Waals surface area contributed by atoms with E-state index < -0.39 is 0 Å². The van der Waals surface area contributed by atoms with Crippen molar-refractivity contribution in [3.63, 3.8) is 0 Å². The highest BCUT2D eigenvalue weighted by molar-refractivity contribution is 5.19. The number of nitrogens with one attached hydrogen (secondary N) is 1. The molecule has 0 radical (unpaired) electrons. The molecule has 1 aromatic rings. The van der Waals surface area contributed by atoms with Crippen LogP contribution in [0.2, 0.25) is 0 Å². The van der Waals surface area contributed by atoms with Gasteiger partial charge < -0.3 is 14.8 Å². The molecule has 0 aliphatic rings. The van der Waals surface area contributed by atoms with Crippen molar-refractivity contribution >= 4 is 0 Å². The van der Waals surface area contributed by atoms with Crippen LogP contribution in [-0.2, 0) is 9.47 Å². The number of ether oxygens (including phenoxy) is 2. The first-order valence-corrected chi connectivity index (χ1v) is 6.81. The summed E-state index contributed by atoms with van der Waals surface area (Å²) in [6, 6.07) is 10.5. The summed E-state index contributed by atoms with van der Waals surface area (Å²) in [5, 5.41) is 3.45. The molecule has 0 saturated heterocycles. The molecule has 2 atom stereocenters. The number of hydrogen-bond donors (Lipinski definition) is 1. The monoisotopic (exact) mass is 251 g/mol. The normalized spacial score (nSPS) is 14.4. The van der Waals surface area contributed by atoms with Gasteiger partial charge in [0, 0.05) is 13.2 Å². The molecule has 18 heavy (non-hydrogen) atoms. The first kappa shape index (κ1) is 15.2. The van der Waals surface area contributed by atoms with Crippen molar-refractivity contribution < 1.29 is 9.47 Å². The summed E-state index contributed by atoms with van der Waals surface area (Å²) in [6.07, 6.45) is 0.0442. The van der Waals surface area contributed by atoms with Gasteiger partial charge in [0.15, 0.2) is 0 Å². The fourth-order valence-electron chi connectivity index (χ4n) is 2.03. The molecular weight excluding hydrogens is 226 g/mol. The average molecular weight is 251 g/mol. The second kappa shape index (κ2) is 9.09. The molecule has 0 heterocycles. The third-order valence-corrected chi connectivity index (χ3v) is 2.81. The third kappa shape index (κ3) is 4.77. The highest BCUT2D eigenvalue weighted by Crippen LogP contribution is 2.21. The number of rotatable bonds is 9. The van der Waals surface area contributed by atoms with Crippen molar-refractivity contribution in [2.45, 2.75) is 32.9 Å². The third-order valence-electron chi connectivity index (χ3n) is 2.81. The van der Waals surface area contributed by atoms with E-state index in [0.29, 0.717) is 13.2 Å². The Morgan fingerprint density at radius 3 is 2.33 bits per heavy atom. The summed E-state index contributed by atoms with van der Waals surface area (Å²) >= 11 is 0. The smallest absolute Gasteiger partial charge is 0.1000 e. The van der Waals surface area contributed by atoms with E-state index in [1.807, 2.05) is 32.0 Å². The predicted octanol–water partition coefficient (Wildman–Crippen LogP) is 2.78. The Balaban J connectivity index is 2.78. The summed E-state index contributed by atoms with van der Waals surface area (Å²) in [5.41, 5.74) is 1.20. The highest BCUT2D eigenvalue weighted by Gasteiger charge is 2.22. The van der Waals surface area contributed by atoms with E-state index in [1.54, 1.807) is 0 Å². The molecule has 102 valence electrons. The summed E-state index contributed by atoms with van der Waals surface area (Å²) in [7, 11) is 0. The van der Waals surface area contributed by atoms with E-state index in [9.17, 15) is 0 Å². The summed E-state index contributed by atoms with van der Waals surface area (Å²) in [4.78, 5) is 0. The zero-order chi connectivity index (χ0) is 13.2. The fourth-order valence-corrected chi connectivity index (χ4v) is 2.03. The molecule has 3 nitrogen and oxygen atoms in total. The van der Waals surface area contributed by atoms with E-state index in [0.717, 1.165) is 13.2 Å². The molecule has 2 unspecified atom stereocenters. The number of likely N-dealkylation sites (N-methyl/N-ethyl adjacent to an activating group) is 1. The second-order valence-corrected chi connectivity index (χ2v) is 4.11. The van der Waals surface area contributed by atoms with Crippen LogP contribution in [0.5, 0.6) is 0 Å². The quantitative estimate of drug-likeness (QED) is 0.732. The molecule has 0 fully saturated rings. The van der Waals surface area contributed by atoms with Crippen molar-refractivity contribution in [3.8, 4) is 0 Å². The standard InChI is InChI=1S/C15H25NO2/c1-4-16-14(12-17-5-2)15(18-6-3)13-10-8-7-9-11-13/h7-11,14-16H,4-6,12H2,1-3H3. The van der Waals surface area contributed by atoms with Crippen LogP contribution in [0.15, 0.2) is 30.3 Å². The molecule has 0 amide bonds. The van der Waals surface area contributed by atoms with Crippen LogP contribution in [0, 0.1) is 0 Å². The minimum absolute atomic E-state index is 0.0442. The topological polar surface area (TPSA) is 30.5 Å². The zero-order valence-electron chi connectivity index (χ0n) is 11.7.